The van der Waals surface area contributed by atoms with E-state index in [1.807, 2.05) is 0 Å². The van der Waals surface area contributed by atoms with Crippen LogP contribution in [0.3, 0.4) is 0 Å². The van der Waals surface area contributed by atoms with Gasteiger partial charge in [-0.25, -0.2) is 0 Å². The van der Waals surface area contributed by atoms with E-state index >= 15 is 0 Å². The SMILES string of the molecule is C#CC([C@H](N)C(=O)O)C(F)(F)F. The van der Waals surface area contributed by atoms with Gasteiger partial charge < -0.3 is 10.8 Å². The lowest BCUT2D eigenvalue weighted by Crippen LogP contribution is -2.44. The van der Waals surface area contributed by atoms with E-state index in [4.69, 9.17) is 10.8 Å². The molecule has 0 saturated heterocycles. The molecule has 0 saturated carbocycles. The van der Waals surface area contributed by atoms with Crippen LogP contribution in [0.15, 0.2) is 0 Å². The van der Waals surface area contributed by atoms with Crippen molar-refractivity contribution in [3.05, 3.63) is 0 Å². The molecule has 0 fully saturated rings. The molecule has 2 atom stereocenters. The molecule has 0 aliphatic carbocycles. The lowest BCUT2D eigenvalue weighted by atomic mass is 10.0. The van der Waals surface area contributed by atoms with Gasteiger partial charge >= 0.3 is 12.1 Å². The highest BCUT2D eigenvalue weighted by Crippen LogP contribution is 2.27. The molecule has 0 aromatic rings. The van der Waals surface area contributed by atoms with E-state index in [0.29, 0.717) is 0 Å². The normalized spacial score (nSPS) is 16.2. The zero-order valence-electron chi connectivity index (χ0n) is 5.80. The molecular weight excluding hydrogens is 175 g/mol. The van der Waals surface area contributed by atoms with Crippen LogP contribution < -0.4 is 5.73 Å². The maximum atomic E-state index is 11.8. The number of carboxylic acid groups (broad SMARTS) is 1. The van der Waals surface area contributed by atoms with Crippen molar-refractivity contribution in [2.75, 3.05) is 0 Å². The fraction of sp³-hybridized carbons (Fsp3) is 0.500. The molecule has 0 rings (SSSR count). The minimum atomic E-state index is -4.77. The van der Waals surface area contributed by atoms with Crippen LogP contribution in [0.1, 0.15) is 0 Å². The molecule has 0 amide bonds. The smallest absolute Gasteiger partial charge is 0.404 e. The van der Waals surface area contributed by atoms with E-state index in [0.717, 1.165) is 0 Å². The summed E-state index contributed by atoms with van der Waals surface area (Å²) in [5.41, 5.74) is 4.70. The second kappa shape index (κ2) is 3.45. The first kappa shape index (κ1) is 10.8. The van der Waals surface area contributed by atoms with Gasteiger partial charge in [0.05, 0.1) is 0 Å². The maximum absolute atomic E-state index is 11.8. The zero-order valence-corrected chi connectivity index (χ0v) is 5.80. The molecule has 1 unspecified atom stereocenters. The fourth-order valence-electron chi connectivity index (χ4n) is 0.544. The van der Waals surface area contributed by atoms with Crippen molar-refractivity contribution in [2.45, 2.75) is 12.2 Å². The third kappa shape index (κ3) is 2.43. The summed E-state index contributed by atoms with van der Waals surface area (Å²) in [6.07, 6.45) is -0.287. The van der Waals surface area contributed by atoms with Crippen molar-refractivity contribution in [3.63, 3.8) is 0 Å². The van der Waals surface area contributed by atoms with Crippen molar-refractivity contribution in [1.82, 2.24) is 0 Å². The summed E-state index contributed by atoms with van der Waals surface area (Å²) in [5.74, 6) is -2.91. The Balaban J connectivity index is 4.60. The summed E-state index contributed by atoms with van der Waals surface area (Å²) in [7, 11) is 0. The summed E-state index contributed by atoms with van der Waals surface area (Å²) >= 11 is 0. The van der Waals surface area contributed by atoms with E-state index in [-0.39, 0.29) is 0 Å². The lowest BCUT2D eigenvalue weighted by Gasteiger charge is -2.17. The highest BCUT2D eigenvalue weighted by atomic mass is 19.4. The van der Waals surface area contributed by atoms with Crippen LogP contribution in [0.2, 0.25) is 0 Å². The van der Waals surface area contributed by atoms with Crippen LogP contribution in [0.4, 0.5) is 13.2 Å². The monoisotopic (exact) mass is 181 g/mol. The molecule has 3 N–H and O–H groups in total. The topological polar surface area (TPSA) is 63.3 Å². The number of terminal acetylenes is 1. The average Bonchev–Trinajstić information content (AvgIpc) is 1.85. The van der Waals surface area contributed by atoms with Crippen molar-refractivity contribution in [2.24, 2.45) is 11.7 Å². The van der Waals surface area contributed by atoms with Crippen molar-refractivity contribution >= 4 is 5.97 Å². The Hall–Kier alpha value is -1.22. The van der Waals surface area contributed by atoms with E-state index in [1.165, 1.54) is 5.92 Å². The number of halogens is 3. The van der Waals surface area contributed by atoms with Gasteiger partial charge in [-0.1, -0.05) is 5.92 Å². The molecule has 0 aliphatic rings. The Morgan fingerprint density at radius 3 is 2.08 bits per heavy atom. The van der Waals surface area contributed by atoms with Gasteiger partial charge in [0.15, 0.2) is 0 Å². The third-order valence-corrected chi connectivity index (χ3v) is 1.18. The van der Waals surface area contributed by atoms with Crippen LogP contribution in [-0.2, 0) is 4.79 Å². The number of carboxylic acids is 1. The highest BCUT2D eigenvalue weighted by molar-refractivity contribution is 5.74. The van der Waals surface area contributed by atoms with Gasteiger partial charge in [0, 0.05) is 0 Å². The van der Waals surface area contributed by atoms with Crippen LogP contribution in [0, 0.1) is 18.3 Å². The van der Waals surface area contributed by atoms with Gasteiger partial charge in [-0.05, 0) is 0 Å². The number of aliphatic carboxylic acids is 1. The number of carbonyl (C=O) groups is 1. The van der Waals surface area contributed by atoms with Crippen LogP contribution in [-0.4, -0.2) is 23.3 Å². The molecule has 68 valence electrons. The van der Waals surface area contributed by atoms with Crippen molar-refractivity contribution in [3.8, 4) is 12.3 Å². The van der Waals surface area contributed by atoms with E-state index in [9.17, 15) is 18.0 Å². The maximum Gasteiger partial charge on any atom is 0.404 e. The third-order valence-electron chi connectivity index (χ3n) is 1.18. The number of nitrogens with two attached hydrogens (primary N) is 1. The number of hydrogen-bond acceptors (Lipinski definition) is 2. The molecule has 3 nitrogen and oxygen atoms in total. The lowest BCUT2D eigenvalue weighted by molar-refractivity contribution is -0.173. The largest absolute Gasteiger partial charge is 0.480 e. The first-order valence-electron chi connectivity index (χ1n) is 2.82. The summed E-state index contributed by atoms with van der Waals surface area (Å²) < 4.78 is 35.5. The molecule has 0 aromatic heterocycles. The minimum absolute atomic E-state index is 1.29. The van der Waals surface area contributed by atoms with Crippen LogP contribution >= 0.6 is 0 Å². The molecule has 0 bridgehead atoms. The average molecular weight is 181 g/mol. The number of rotatable bonds is 2. The summed E-state index contributed by atoms with van der Waals surface area (Å²) in [6, 6.07) is -2.10. The van der Waals surface area contributed by atoms with Gasteiger partial charge in [-0.3, -0.25) is 4.79 Å². The molecule has 0 radical (unpaired) electrons. The van der Waals surface area contributed by atoms with Crippen molar-refractivity contribution in [1.29, 1.82) is 0 Å². The fourth-order valence-corrected chi connectivity index (χ4v) is 0.544. The van der Waals surface area contributed by atoms with E-state index < -0.39 is 24.1 Å². The van der Waals surface area contributed by atoms with Gasteiger partial charge in [0.25, 0.3) is 0 Å². The molecule has 0 aromatic carbocycles. The van der Waals surface area contributed by atoms with Gasteiger partial charge in [-0.2, -0.15) is 13.2 Å². The molecule has 12 heavy (non-hydrogen) atoms. The predicted molar refractivity (Wildman–Crippen MR) is 34.0 cm³/mol. The first-order chi connectivity index (χ1) is 5.30. The van der Waals surface area contributed by atoms with Crippen molar-refractivity contribution < 1.29 is 23.1 Å². The summed E-state index contributed by atoms with van der Waals surface area (Å²) in [5, 5.41) is 8.13. The second-order valence-corrected chi connectivity index (χ2v) is 2.05. The molecule has 6 heteroatoms. The second-order valence-electron chi connectivity index (χ2n) is 2.05. The predicted octanol–water partition coefficient (Wildman–Crippen LogP) is 0.210. The Morgan fingerprint density at radius 1 is 1.58 bits per heavy atom. The van der Waals surface area contributed by atoms with Crippen LogP contribution in [0.25, 0.3) is 0 Å². The highest BCUT2D eigenvalue weighted by Gasteiger charge is 2.45. The standard InChI is InChI=1S/C6H6F3NO2/c1-2-3(6(7,8)9)4(10)5(11)12/h1,3-4H,10H2,(H,11,12)/t3?,4-/m0/s1. The Bertz CT molecular complexity index is 218. The van der Waals surface area contributed by atoms with E-state index in [2.05, 4.69) is 6.42 Å². The molecule has 0 spiro atoms. The Kier molecular flexibility index (Phi) is 3.10. The summed E-state index contributed by atoms with van der Waals surface area (Å²) in [4.78, 5) is 10.0. The summed E-state index contributed by atoms with van der Waals surface area (Å²) in [6.45, 7) is 0. The van der Waals surface area contributed by atoms with E-state index in [1.54, 1.807) is 0 Å². The van der Waals surface area contributed by atoms with Crippen LogP contribution in [0.5, 0.6) is 0 Å². The first-order valence-corrected chi connectivity index (χ1v) is 2.82. The number of alkyl halides is 3. The minimum Gasteiger partial charge on any atom is -0.480 e. The Labute approximate surface area is 66.4 Å². The zero-order chi connectivity index (χ0) is 9.94. The van der Waals surface area contributed by atoms with Gasteiger partial charge in [0.1, 0.15) is 12.0 Å². The number of hydrogen-bond donors (Lipinski definition) is 2. The molecule has 0 aliphatic heterocycles. The molecular formula is C6H6F3NO2. The Morgan fingerprint density at radius 2 is 2.00 bits per heavy atom. The van der Waals surface area contributed by atoms with Gasteiger partial charge in [-0.15, -0.1) is 6.42 Å². The quantitative estimate of drug-likeness (QED) is 0.598. The molecule has 0 heterocycles. The van der Waals surface area contributed by atoms with Gasteiger partial charge in [0.2, 0.25) is 0 Å².